The van der Waals surface area contributed by atoms with Crippen LogP contribution in [0.4, 0.5) is 0 Å². The van der Waals surface area contributed by atoms with Crippen molar-refractivity contribution in [1.82, 2.24) is 0 Å². The van der Waals surface area contributed by atoms with Gasteiger partial charge in [0, 0.05) is 10.7 Å². The van der Waals surface area contributed by atoms with Crippen molar-refractivity contribution in [3.8, 4) is 6.07 Å². The van der Waals surface area contributed by atoms with Crippen LogP contribution in [0.15, 0.2) is 0 Å². The summed E-state index contributed by atoms with van der Waals surface area (Å²) in [5.74, 6) is -0.308. The third kappa shape index (κ3) is 6.84. The van der Waals surface area contributed by atoms with E-state index >= 15 is 0 Å². The predicted octanol–water partition coefficient (Wildman–Crippen LogP) is 3.15. The van der Waals surface area contributed by atoms with Crippen molar-refractivity contribution in [2.75, 3.05) is 5.75 Å². The minimum Gasteiger partial charge on any atom is -0.227 e. The Kier molecular flexibility index (Phi) is 8.15. The van der Waals surface area contributed by atoms with E-state index in [2.05, 4.69) is 0 Å². The molecule has 2 fully saturated rings. The van der Waals surface area contributed by atoms with Gasteiger partial charge in [-0.05, 0) is 25.7 Å². The number of nitrogens with zero attached hydrogens (tertiary/aromatic N) is 1. The lowest BCUT2D eigenvalue weighted by atomic mass is 10.0. The second kappa shape index (κ2) is 9.09. The quantitative estimate of drug-likeness (QED) is 0.712. The van der Waals surface area contributed by atoms with Gasteiger partial charge in [0.25, 0.3) is 0 Å². The van der Waals surface area contributed by atoms with Gasteiger partial charge in [-0.25, -0.2) is 16.8 Å². The molecule has 0 aromatic carbocycles. The van der Waals surface area contributed by atoms with E-state index in [4.69, 9.17) is 15.9 Å². The minimum absolute atomic E-state index is 0.231. The number of rotatable bonds is 3. The molecule has 0 atom stereocenters. The molecule has 0 aromatic rings. The summed E-state index contributed by atoms with van der Waals surface area (Å²) >= 11 is 0. The van der Waals surface area contributed by atoms with Gasteiger partial charge in [0.15, 0.2) is 9.84 Å². The summed E-state index contributed by atoms with van der Waals surface area (Å²) in [4.78, 5) is 0. The SMILES string of the molecule is N#CCS(=O)(=O)C1CCCCC1.O=S(=O)(Cl)C1CCCCC1. The highest BCUT2D eigenvalue weighted by Gasteiger charge is 2.26. The van der Waals surface area contributed by atoms with E-state index in [9.17, 15) is 16.8 Å². The molecule has 0 radical (unpaired) electrons. The summed E-state index contributed by atoms with van der Waals surface area (Å²) in [6, 6.07) is 1.72. The van der Waals surface area contributed by atoms with Gasteiger partial charge in [-0.15, -0.1) is 0 Å². The molecule has 2 aliphatic carbocycles. The molecule has 2 rings (SSSR count). The minimum atomic E-state index is -3.25. The Hall–Kier alpha value is -0.320. The van der Waals surface area contributed by atoms with E-state index in [-0.39, 0.29) is 16.3 Å². The molecule has 0 spiro atoms. The van der Waals surface area contributed by atoms with Crippen LogP contribution >= 0.6 is 10.7 Å². The summed E-state index contributed by atoms with van der Waals surface area (Å²) < 4.78 is 44.2. The number of hydrogen-bond donors (Lipinski definition) is 0. The first-order chi connectivity index (χ1) is 10.3. The van der Waals surface area contributed by atoms with Crippen molar-refractivity contribution in [3.63, 3.8) is 0 Å². The summed E-state index contributed by atoms with van der Waals surface area (Å²) in [6.07, 6.45) is 9.32. The van der Waals surface area contributed by atoms with E-state index < -0.39 is 18.9 Å². The molecule has 2 aliphatic rings. The van der Waals surface area contributed by atoms with Crippen molar-refractivity contribution in [2.24, 2.45) is 0 Å². The Bertz CT molecular complexity index is 568. The fourth-order valence-electron chi connectivity index (χ4n) is 2.98. The highest BCUT2D eigenvalue weighted by Crippen LogP contribution is 2.25. The van der Waals surface area contributed by atoms with Crippen molar-refractivity contribution in [2.45, 2.75) is 74.7 Å². The van der Waals surface area contributed by atoms with Gasteiger partial charge in [-0.2, -0.15) is 5.26 Å². The van der Waals surface area contributed by atoms with E-state index in [1.165, 1.54) is 0 Å². The average molecular weight is 370 g/mol. The summed E-state index contributed by atoms with van der Waals surface area (Å²) in [7, 11) is -1.16. The Morgan fingerprint density at radius 1 is 0.818 bits per heavy atom. The first-order valence-corrected chi connectivity index (χ1v) is 11.9. The van der Waals surface area contributed by atoms with Gasteiger partial charge in [-0.1, -0.05) is 38.5 Å². The van der Waals surface area contributed by atoms with Crippen molar-refractivity contribution in [3.05, 3.63) is 0 Å². The first kappa shape index (κ1) is 19.7. The molecule has 5 nitrogen and oxygen atoms in total. The zero-order chi connectivity index (χ0) is 16.6. The summed E-state index contributed by atoms with van der Waals surface area (Å²) in [5, 5.41) is 7.81. The van der Waals surface area contributed by atoms with Crippen LogP contribution in [0.3, 0.4) is 0 Å². The normalized spacial score (nSPS) is 21.5. The molecule has 0 saturated heterocycles. The van der Waals surface area contributed by atoms with Crippen LogP contribution in [0.25, 0.3) is 0 Å². The molecular formula is C14H24ClNO4S2. The summed E-state index contributed by atoms with van der Waals surface area (Å²) in [5.41, 5.74) is 0. The zero-order valence-corrected chi connectivity index (χ0v) is 15.1. The monoisotopic (exact) mass is 369 g/mol. The molecule has 0 bridgehead atoms. The maximum absolute atomic E-state index is 11.4. The van der Waals surface area contributed by atoms with Gasteiger partial charge in [0.1, 0.15) is 5.75 Å². The molecule has 2 saturated carbocycles. The van der Waals surface area contributed by atoms with Crippen LogP contribution in [0.5, 0.6) is 0 Å². The van der Waals surface area contributed by atoms with Crippen LogP contribution in [-0.2, 0) is 18.9 Å². The van der Waals surface area contributed by atoms with Gasteiger partial charge >= 0.3 is 0 Å². The maximum Gasteiger partial charge on any atom is 0.235 e. The smallest absolute Gasteiger partial charge is 0.227 e. The Balaban J connectivity index is 0.000000224. The molecule has 0 amide bonds. The number of hydrogen-bond acceptors (Lipinski definition) is 5. The van der Waals surface area contributed by atoms with Crippen molar-refractivity contribution < 1.29 is 16.8 Å². The van der Waals surface area contributed by atoms with Crippen LogP contribution in [0.1, 0.15) is 64.2 Å². The molecule has 128 valence electrons. The summed E-state index contributed by atoms with van der Waals surface area (Å²) in [6.45, 7) is 0. The number of nitriles is 1. The topological polar surface area (TPSA) is 92.1 Å². The molecule has 8 heteroatoms. The van der Waals surface area contributed by atoms with E-state index in [0.717, 1.165) is 64.2 Å². The van der Waals surface area contributed by atoms with E-state index in [1.807, 2.05) is 0 Å². The Morgan fingerprint density at radius 3 is 1.55 bits per heavy atom. The van der Waals surface area contributed by atoms with Crippen molar-refractivity contribution >= 4 is 29.6 Å². The fraction of sp³-hybridized carbons (Fsp3) is 0.929. The fourth-order valence-corrected chi connectivity index (χ4v) is 5.88. The highest BCUT2D eigenvalue weighted by atomic mass is 35.7. The number of halogens is 1. The first-order valence-electron chi connectivity index (χ1n) is 7.79. The molecule has 0 unspecified atom stereocenters. The van der Waals surface area contributed by atoms with E-state index in [0.29, 0.717) is 0 Å². The van der Waals surface area contributed by atoms with Gasteiger partial charge in [0.05, 0.1) is 16.6 Å². The van der Waals surface area contributed by atoms with Crippen molar-refractivity contribution in [1.29, 1.82) is 5.26 Å². The molecule has 0 aliphatic heterocycles. The lowest BCUT2D eigenvalue weighted by molar-refractivity contribution is 0.485. The van der Waals surface area contributed by atoms with Crippen LogP contribution in [0, 0.1) is 11.3 Å². The second-order valence-corrected chi connectivity index (χ2v) is 11.2. The molecule has 0 aromatic heterocycles. The van der Waals surface area contributed by atoms with Crippen LogP contribution in [-0.4, -0.2) is 33.1 Å². The molecule has 0 heterocycles. The lowest BCUT2D eigenvalue weighted by Crippen LogP contribution is -2.25. The third-order valence-electron chi connectivity index (χ3n) is 4.28. The van der Waals surface area contributed by atoms with Crippen LogP contribution in [0.2, 0.25) is 0 Å². The third-order valence-corrected chi connectivity index (χ3v) is 8.32. The predicted molar refractivity (Wildman–Crippen MR) is 87.9 cm³/mol. The standard InChI is InChI=1S/C8H13NO2S.C6H11ClO2S/c9-6-7-12(10,11)8-4-2-1-3-5-8;7-10(8,9)6-4-2-1-3-5-6/h8H,1-5,7H2;6H,1-5H2. The van der Waals surface area contributed by atoms with E-state index in [1.54, 1.807) is 6.07 Å². The average Bonchev–Trinajstić information content (AvgIpc) is 2.49. The largest absolute Gasteiger partial charge is 0.235 e. The number of sulfone groups is 1. The van der Waals surface area contributed by atoms with Gasteiger partial charge in [0.2, 0.25) is 9.05 Å². The lowest BCUT2D eigenvalue weighted by Gasteiger charge is -2.19. The van der Waals surface area contributed by atoms with Gasteiger partial charge in [-0.3, -0.25) is 0 Å². The molecule has 0 N–H and O–H groups in total. The zero-order valence-electron chi connectivity index (χ0n) is 12.7. The van der Waals surface area contributed by atoms with Gasteiger partial charge < -0.3 is 0 Å². The highest BCUT2D eigenvalue weighted by molar-refractivity contribution is 8.14. The Morgan fingerprint density at radius 2 is 1.23 bits per heavy atom. The second-order valence-electron chi connectivity index (χ2n) is 5.96. The Labute approximate surface area is 138 Å². The van der Waals surface area contributed by atoms with Crippen LogP contribution < -0.4 is 0 Å². The molecule has 22 heavy (non-hydrogen) atoms. The molecular weight excluding hydrogens is 346 g/mol. The maximum atomic E-state index is 11.4.